The van der Waals surface area contributed by atoms with Crippen molar-refractivity contribution in [3.63, 3.8) is 0 Å². The minimum atomic E-state index is -0.286. The van der Waals surface area contributed by atoms with Gasteiger partial charge in [-0.05, 0) is 19.1 Å². The van der Waals surface area contributed by atoms with Crippen LogP contribution in [0.1, 0.15) is 6.92 Å². The molecule has 0 fully saturated rings. The molecule has 0 saturated heterocycles. The Balaban J connectivity index is 2.17. The van der Waals surface area contributed by atoms with Gasteiger partial charge in [0.05, 0.1) is 11.5 Å². The maximum absolute atomic E-state index is 11.8. The molecule has 2 aromatic heterocycles. The van der Waals surface area contributed by atoms with Crippen LogP contribution in [0.15, 0.2) is 28.0 Å². The van der Waals surface area contributed by atoms with Crippen LogP contribution >= 0.6 is 11.8 Å². The van der Waals surface area contributed by atoms with Crippen LogP contribution < -0.4 is 5.84 Å². The highest BCUT2D eigenvalue weighted by molar-refractivity contribution is 8.00. The fraction of sp³-hybridized carbons (Fsp3) is 0.364. The average Bonchev–Trinajstić information content (AvgIpc) is 2.99. The molecular formula is C11H15N5O2S. The molecule has 1 atom stereocenters. The summed E-state index contributed by atoms with van der Waals surface area (Å²) in [6, 6.07) is 3.49. The van der Waals surface area contributed by atoms with Crippen molar-refractivity contribution in [2.45, 2.75) is 17.3 Å². The molecule has 19 heavy (non-hydrogen) atoms. The molecule has 0 saturated carbocycles. The minimum absolute atomic E-state index is 0.00690. The maximum atomic E-state index is 11.8. The van der Waals surface area contributed by atoms with Crippen molar-refractivity contribution in [2.75, 3.05) is 19.9 Å². The molecule has 0 aromatic carbocycles. The fourth-order valence-electron chi connectivity index (χ4n) is 1.50. The number of hydrogen-bond acceptors (Lipinski definition) is 6. The summed E-state index contributed by atoms with van der Waals surface area (Å²) < 4.78 is 6.54. The Morgan fingerprint density at radius 1 is 1.53 bits per heavy atom. The van der Waals surface area contributed by atoms with Gasteiger partial charge in [-0.15, -0.1) is 10.2 Å². The van der Waals surface area contributed by atoms with Gasteiger partial charge in [0.1, 0.15) is 0 Å². The van der Waals surface area contributed by atoms with Gasteiger partial charge in [0, 0.05) is 14.1 Å². The summed E-state index contributed by atoms with van der Waals surface area (Å²) in [4.78, 5) is 13.3. The molecule has 2 aromatic rings. The fourth-order valence-corrected chi connectivity index (χ4v) is 2.42. The number of amides is 1. The molecule has 7 nitrogen and oxygen atoms in total. The van der Waals surface area contributed by atoms with Gasteiger partial charge in [0.15, 0.2) is 5.76 Å². The normalized spacial score (nSPS) is 12.4. The van der Waals surface area contributed by atoms with E-state index in [-0.39, 0.29) is 11.2 Å². The number of nitrogen functional groups attached to an aromatic ring is 1. The Hall–Kier alpha value is -1.96. The maximum Gasteiger partial charge on any atom is 0.235 e. The number of carbonyl (C=O) groups is 1. The zero-order valence-electron chi connectivity index (χ0n) is 10.9. The van der Waals surface area contributed by atoms with E-state index in [0.717, 1.165) is 0 Å². The summed E-state index contributed by atoms with van der Waals surface area (Å²) in [6.07, 6.45) is 1.54. The molecule has 0 aliphatic carbocycles. The molecule has 2 heterocycles. The number of rotatable bonds is 4. The third-order valence-corrected chi connectivity index (χ3v) is 3.52. The number of nitrogens with zero attached hydrogens (tertiary/aromatic N) is 4. The predicted molar refractivity (Wildman–Crippen MR) is 71.9 cm³/mol. The lowest BCUT2D eigenvalue weighted by molar-refractivity contribution is -0.127. The van der Waals surface area contributed by atoms with Crippen molar-refractivity contribution in [3.05, 3.63) is 18.4 Å². The highest BCUT2D eigenvalue weighted by Crippen LogP contribution is 2.25. The lowest BCUT2D eigenvalue weighted by Gasteiger charge is -2.15. The second-order valence-electron chi connectivity index (χ2n) is 4.15. The number of carbonyl (C=O) groups excluding carboxylic acids is 1. The first-order valence-corrected chi connectivity index (χ1v) is 6.51. The van der Waals surface area contributed by atoms with Gasteiger partial charge in [-0.25, -0.2) is 4.68 Å². The Labute approximate surface area is 114 Å². The monoisotopic (exact) mass is 281 g/mol. The van der Waals surface area contributed by atoms with E-state index in [4.69, 9.17) is 10.3 Å². The Morgan fingerprint density at radius 2 is 2.26 bits per heavy atom. The van der Waals surface area contributed by atoms with Crippen LogP contribution in [0.2, 0.25) is 0 Å². The topological polar surface area (TPSA) is 90.2 Å². The van der Waals surface area contributed by atoms with Crippen LogP contribution in [-0.4, -0.2) is 45.0 Å². The summed E-state index contributed by atoms with van der Waals surface area (Å²) in [5.74, 6) is 6.86. The van der Waals surface area contributed by atoms with Gasteiger partial charge in [-0.3, -0.25) is 4.79 Å². The smallest absolute Gasteiger partial charge is 0.235 e. The molecule has 0 spiro atoms. The minimum Gasteiger partial charge on any atom is -0.461 e. The van der Waals surface area contributed by atoms with Crippen LogP contribution in [-0.2, 0) is 4.79 Å². The van der Waals surface area contributed by atoms with E-state index < -0.39 is 0 Å². The van der Waals surface area contributed by atoms with Gasteiger partial charge < -0.3 is 15.2 Å². The van der Waals surface area contributed by atoms with Gasteiger partial charge in [-0.2, -0.15) is 0 Å². The van der Waals surface area contributed by atoms with Crippen molar-refractivity contribution in [1.82, 2.24) is 19.8 Å². The standard InChI is InChI=1S/C11H15N5O2S/c1-7(10(17)15(2)3)19-11-14-13-9(16(11)12)8-5-4-6-18-8/h4-7H,12H2,1-3H3. The van der Waals surface area contributed by atoms with E-state index in [0.29, 0.717) is 16.7 Å². The quantitative estimate of drug-likeness (QED) is 0.659. The number of aromatic nitrogens is 3. The average molecular weight is 281 g/mol. The van der Waals surface area contributed by atoms with Crippen molar-refractivity contribution < 1.29 is 9.21 Å². The van der Waals surface area contributed by atoms with Gasteiger partial charge in [0.25, 0.3) is 0 Å². The van der Waals surface area contributed by atoms with E-state index >= 15 is 0 Å². The van der Waals surface area contributed by atoms with Crippen molar-refractivity contribution in [2.24, 2.45) is 0 Å². The van der Waals surface area contributed by atoms with Crippen molar-refractivity contribution >= 4 is 17.7 Å². The molecule has 2 N–H and O–H groups in total. The van der Waals surface area contributed by atoms with Crippen LogP contribution in [0.3, 0.4) is 0 Å². The summed E-state index contributed by atoms with van der Waals surface area (Å²) in [6.45, 7) is 1.80. The molecule has 0 aliphatic heterocycles. The highest BCUT2D eigenvalue weighted by Gasteiger charge is 2.21. The summed E-state index contributed by atoms with van der Waals surface area (Å²) in [5, 5.41) is 8.12. The number of hydrogen-bond donors (Lipinski definition) is 1. The molecular weight excluding hydrogens is 266 g/mol. The molecule has 1 amide bonds. The molecule has 2 rings (SSSR count). The largest absolute Gasteiger partial charge is 0.461 e. The predicted octanol–water partition coefficient (Wildman–Crippen LogP) is 0.821. The molecule has 0 aliphatic rings. The molecule has 102 valence electrons. The lowest BCUT2D eigenvalue weighted by atomic mass is 10.4. The van der Waals surface area contributed by atoms with Crippen LogP contribution in [0.4, 0.5) is 0 Å². The van der Waals surface area contributed by atoms with Crippen LogP contribution in [0.5, 0.6) is 0 Å². The van der Waals surface area contributed by atoms with Crippen LogP contribution in [0, 0.1) is 0 Å². The van der Waals surface area contributed by atoms with E-state index in [9.17, 15) is 4.79 Å². The third-order valence-electron chi connectivity index (χ3n) is 2.48. The van der Waals surface area contributed by atoms with Gasteiger partial charge >= 0.3 is 0 Å². The second-order valence-corrected chi connectivity index (χ2v) is 5.45. The molecule has 8 heteroatoms. The van der Waals surface area contributed by atoms with Gasteiger partial charge in [-0.1, -0.05) is 11.8 Å². The van der Waals surface area contributed by atoms with E-state index in [2.05, 4.69) is 10.2 Å². The highest BCUT2D eigenvalue weighted by atomic mass is 32.2. The summed E-state index contributed by atoms with van der Waals surface area (Å²) in [5.41, 5.74) is 0. The molecule has 0 radical (unpaired) electrons. The number of nitrogens with two attached hydrogens (primary N) is 1. The first kappa shape index (κ1) is 13.5. The van der Waals surface area contributed by atoms with E-state index in [1.165, 1.54) is 27.6 Å². The zero-order chi connectivity index (χ0) is 14.0. The summed E-state index contributed by atoms with van der Waals surface area (Å²) in [7, 11) is 3.42. The van der Waals surface area contributed by atoms with E-state index in [1.807, 2.05) is 0 Å². The Bertz CT molecular complexity index is 564. The van der Waals surface area contributed by atoms with E-state index in [1.54, 1.807) is 33.2 Å². The number of furan rings is 1. The third kappa shape index (κ3) is 2.73. The zero-order valence-corrected chi connectivity index (χ0v) is 11.7. The second kappa shape index (κ2) is 5.35. The lowest BCUT2D eigenvalue weighted by Crippen LogP contribution is -2.30. The summed E-state index contributed by atoms with van der Waals surface area (Å²) >= 11 is 1.26. The van der Waals surface area contributed by atoms with Crippen molar-refractivity contribution in [3.8, 4) is 11.6 Å². The Kier molecular flexibility index (Phi) is 3.79. The van der Waals surface area contributed by atoms with Gasteiger partial charge in [0.2, 0.25) is 16.9 Å². The van der Waals surface area contributed by atoms with Crippen molar-refractivity contribution in [1.29, 1.82) is 0 Å². The van der Waals surface area contributed by atoms with Crippen LogP contribution in [0.25, 0.3) is 11.6 Å². The molecule has 1 unspecified atom stereocenters. The SMILES string of the molecule is CC(Sc1nnc(-c2ccco2)n1N)C(=O)N(C)C. The molecule has 0 bridgehead atoms. The number of thioether (sulfide) groups is 1. The Morgan fingerprint density at radius 3 is 2.84 bits per heavy atom. The first-order valence-electron chi connectivity index (χ1n) is 5.63. The first-order chi connectivity index (χ1) is 9.00.